The topological polar surface area (TPSA) is 0 Å². The predicted octanol–water partition coefficient (Wildman–Crippen LogP) is 24.8. The molecule has 0 fully saturated rings. The number of hydrogen-bond acceptors (Lipinski definition) is 0. The molecule has 0 heterocycles. The summed E-state index contributed by atoms with van der Waals surface area (Å²) in [5, 5.41) is 26.2. The van der Waals surface area contributed by atoms with Crippen molar-refractivity contribution in [3.63, 3.8) is 0 Å². The fraction of sp³-hybridized carbons (Fsp3) is 0. The fourth-order valence-electron chi connectivity index (χ4n) is 16.5. The van der Waals surface area contributed by atoms with E-state index in [1.807, 2.05) is 0 Å². The first-order valence-corrected chi connectivity index (χ1v) is 30.8. The van der Waals surface area contributed by atoms with Crippen molar-refractivity contribution < 1.29 is 0 Å². The normalized spacial score (nSPS) is 12.3. The lowest BCUT2D eigenvalue weighted by Crippen LogP contribution is -1.91. The van der Waals surface area contributed by atoms with E-state index in [-0.39, 0.29) is 0 Å². The van der Waals surface area contributed by atoms with Crippen molar-refractivity contribution in [2.45, 2.75) is 0 Å². The van der Waals surface area contributed by atoms with E-state index in [0.717, 1.165) is 0 Å². The largest absolute Gasteiger partial charge is 0.0622 e. The SMILES string of the molecule is c1ccc(-c2ccccc2-c2ccc3c4cc5c(-c6ccccc6)c6c7ccc8c9ccc%10c%11c(ccc(c%12ccc(c6c(-c6ccccc6)c5cc4c4cccc2c43)c7c%128)c%119)-c2ccc(-c3c(-c4ccccc4)cccc3-c3ccccc3)cc2-%10)cc1. The zero-order chi connectivity index (χ0) is 57.3. The number of fused-ring (bicyclic) bond motifs is 12. The van der Waals surface area contributed by atoms with Crippen LogP contribution in [0.4, 0.5) is 0 Å². The van der Waals surface area contributed by atoms with E-state index in [4.69, 9.17) is 0 Å². The first-order valence-electron chi connectivity index (χ1n) is 30.8. The summed E-state index contributed by atoms with van der Waals surface area (Å²) in [6, 6.07) is 115. The molecule has 0 saturated carbocycles. The van der Waals surface area contributed by atoms with Gasteiger partial charge in [-0.05, 0) is 226 Å². The predicted molar refractivity (Wildman–Crippen MR) is 378 cm³/mol. The minimum atomic E-state index is 1.22. The molecule has 0 saturated heterocycles. The second-order valence-corrected chi connectivity index (χ2v) is 24.3. The van der Waals surface area contributed by atoms with Crippen molar-refractivity contribution in [3.8, 4) is 100 Å². The van der Waals surface area contributed by atoms with E-state index in [2.05, 4.69) is 303 Å². The Labute approximate surface area is 508 Å². The summed E-state index contributed by atoms with van der Waals surface area (Å²) in [5.74, 6) is 0. The van der Waals surface area contributed by atoms with Crippen LogP contribution in [-0.4, -0.2) is 0 Å². The molecular formula is C88H50. The molecule has 0 N–H and O–H groups in total. The van der Waals surface area contributed by atoms with Gasteiger partial charge in [0.1, 0.15) is 0 Å². The molecular weight excluding hydrogens is 1060 g/mol. The number of benzene rings is 17. The van der Waals surface area contributed by atoms with Gasteiger partial charge in [0.2, 0.25) is 0 Å². The lowest BCUT2D eigenvalue weighted by atomic mass is 9.85. The lowest BCUT2D eigenvalue weighted by Gasteiger charge is -2.17. The summed E-state index contributed by atoms with van der Waals surface area (Å²) in [7, 11) is 0. The second-order valence-electron chi connectivity index (χ2n) is 24.3. The van der Waals surface area contributed by atoms with Crippen LogP contribution < -0.4 is 0 Å². The van der Waals surface area contributed by atoms with Gasteiger partial charge in [-0.2, -0.15) is 0 Å². The van der Waals surface area contributed by atoms with E-state index in [1.54, 1.807) is 0 Å². The summed E-state index contributed by atoms with van der Waals surface area (Å²) < 4.78 is 0. The maximum absolute atomic E-state index is 2.56. The van der Waals surface area contributed by atoms with Crippen LogP contribution in [0.5, 0.6) is 0 Å². The highest BCUT2D eigenvalue weighted by Crippen LogP contribution is 2.58. The van der Waals surface area contributed by atoms with Gasteiger partial charge in [0.05, 0.1) is 0 Å². The molecule has 0 nitrogen and oxygen atoms in total. The van der Waals surface area contributed by atoms with Gasteiger partial charge in [0.15, 0.2) is 0 Å². The highest BCUT2D eigenvalue weighted by Gasteiger charge is 2.30. The molecule has 20 rings (SSSR count). The maximum atomic E-state index is 2.56. The molecule has 1 aliphatic rings. The van der Waals surface area contributed by atoms with E-state index in [9.17, 15) is 0 Å². The molecule has 0 aromatic heterocycles. The highest BCUT2D eigenvalue weighted by molar-refractivity contribution is 6.47. The third kappa shape index (κ3) is 6.48. The third-order valence-electron chi connectivity index (χ3n) is 20.1. The zero-order valence-corrected chi connectivity index (χ0v) is 47.9. The summed E-state index contributed by atoms with van der Waals surface area (Å²) in [4.78, 5) is 0. The molecule has 19 aromatic carbocycles. The Morgan fingerprint density at radius 2 is 0.466 bits per heavy atom. The highest BCUT2D eigenvalue weighted by atomic mass is 14.3. The van der Waals surface area contributed by atoms with Crippen LogP contribution in [0.1, 0.15) is 0 Å². The van der Waals surface area contributed by atoms with Crippen LogP contribution in [0.2, 0.25) is 0 Å². The first-order chi connectivity index (χ1) is 43.7. The number of hydrogen-bond donors (Lipinski definition) is 0. The van der Waals surface area contributed by atoms with Crippen LogP contribution in [0.25, 0.3) is 208 Å². The van der Waals surface area contributed by atoms with Gasteiger partial charge >= 0.3 is 0 Å². The van der Waals surface area contributed by atoms with Crippen molar-refractivity contribution >= 4 is 108 Å². The van der Waals surface area contributed by atoms with Crippen molar-refractivity contribution in [3.05, 3.63) is 303 Å². The van der Waals surface area contributed by atoms with Gasteiger partial charge in [0.25, 0.3) is 0 Å². The van der Waals surface area contributed by atoms with Crippen molar-refractivity contribution in [2.75, 3.05) is 0 Å². The molecule has 0 unspecified atom stereocenters. The summed E-state index contributed by atoms with van der Waals surface area (Å²) >= 11 is 0. The standard InChI is InChI=1S/C88H50/c1-6-20-51(21-7-1)57-30-16-17-31-60(57)61-38-39-70-76-50-78-77(49-75(76)64-35-19-34-63(61)82(64)70)80(54-26-12-4-13-27-54)87-72-46-44-68-66-41-40-65-62-37-36-56(79-58(52-22-8-2-9-23-52)32-18-33-59(79)53-24-10-3-11-25-53)48-74(62)71-43-42-67(84(66)83(65)71)69-45-47-73(86(72)85(68)69)88(87)81(78)55-28-14-5-15-29-55/h1-50H. The van der Waals surface area contributed by atoms with Gasteiger partial charge in [-0.1, -0.05) is 285 Å². The Balaban J connectivity index is 0.842. The Hall–Kier alpha value is -11.4. The van der Waals surface area contributed by atoms with Crippen molar-refractivity contribution in [2.24, 2.45) is 0 Å². The van der Waals surface area contributed by atoms with Gasteiger partial charge in [0, 0.05) is 0 Å². The van der Waals surface area contributed by atoms with E-state index >= 15 is 0 Å². The quantitative estimate of drug-likeness (QED) is 0.110. The Bertz CT molecular complexity index is 5880. The van der Waals surface area contributed by atoms with Crippen LogP contribution in [-0.2, 0) is 0 Å². The summed E-state index contributed by atoms with van der Waals surface area (Å²) in [6.07, 6.45) is 0. The van der Waals surface area contributed by atoms with Crippen LogP contribution in [0, 0.1) is 0 Å². The van der Waals surface area contributed by atoms with Crippen molar-refractivity contribution in [1.29, 1.82) is 0 Å². The third-order valence-corrected chi connectivity index (χ3v) is 20.1. The fourth-order valence-corrected chi connectivity index (χ4v) is 16.5. The summed E-state index contributed by atoms with van der Waals surface area (Å²) in [6.45, 7) is 0. The molecule has 0 radical (unpaired) electrons. The number of rotatable bonds is 7. The lowest BCUT2D eigenvalue weighted by molar-refractivity contribution is 1.56. The van der Waals surface area contributed by atoms with Gasteiger partial charge in [-0.25, -0.2) is 0 Å². The van der Waals surface area contributed by atoms with Crippen LogP contribution >= 0.6 is 0 Å². The van der Waals surface area contributed by atoms with Gasteiger partial charge < -0.3 is 0 Å². The molecule has 0 atom stereocenters. The average molecular weight is 1110 g/mol. The molecule has 0 bridgehead atoms. The zero-order valence-electron chi connectivity index (χ0n) is 47.9. The molecule has 402 valence electrons. The van der Waals surface area contributed by atoms with Crippen LogP contribution in [0.15, 0.2) is 303 Å². The van der Waals surface area contributed by atoms with Crippen LogP contribution in [0.3, 0.4) is 0 Å². The Kier molecular flexibility index (Phi) is 9.82. The summed E-state index contributed by atoms with van der Waals surface area (Å²) in [5.41, 5.74) is 22.6. The molecule has 0 spiro atoms. The Morgan fingerprint density at radius 3 is 1.01 bits per heavy atom. The smallest absolute Gasteiger partial charge is 0.000740 e. The molecule has 1 aliphatic carbocycles. The molecule has 19 aromatic rings. The Morgan fingerprint density at radius 1 is 0.114 bits per heavy atom. The molecule has 0 aliphatic heterocycles. The molecule has 88 heavy (non-hydrogen) atoms. The molecule has 0 heteroatoms. The van der Waals surface area contributed by atoms with Gasteiger partial charge in [-0.15, -0.1) is 0 Å². The van der Waals surface area contributed by atoms with E-state index in [0.29, 0.717) is 0 Å². The maximum Gasteiger partial charge on any atom is -0.000740 e. The minimum Gasteiger partial charge on any atom is -0.0622 e. The average Bonchev–Trinajstić information content (AvgIpc) is 1.52. The minimum absolute atomic E-state index is 1.22. The first kappa shape index (κ1) is 47.9. The van der Waals surface area contributed by atoms with Gasteiger partial charge in [-0.3, -0.25) is 0 Å². The van der Waals surface area contributed by atoms with Crippen molar-refractivity contribution in [1.82, 2.24) is 0 Å². The molecule has 0 amide bonds. The van der Waals surface area contributed by atoms with E-state index in [1.165, 1.54) is 208 Å². The van der Waals surface area contributed by atoms with E-state index < -0.39 is 0 Å². The second kappa shape index (κ2) is 18.0. The monoisotopic (exact) mass is 1110 g/mol.